The molecule has 1 N–H and O–H groups in total. The summed E-state index contributed by atoms with van der Waals surface area (Å²) in [5.41, 5.74) is 0.856. The lowest BCUT2D eigenvalue weighted by Crippen LogP contribution is -2.18. The van der Waals surface area contributed by atoms with E-state index in [0.717, 1.165) is 19.3 Å². The van der Waals surface area contributed by atoms with E-state index in [4.69, 9.17) is 0 Å². The van der Waals surface area contributed by atoms with Crippen molar-refractivity contribution >= 4 is 11.5 Å². The van der Waals surface area contributed by atoms with Crippen LogP contribution in [-0.4, -0.2) is 15.9 Å². The molecule has 92 valence electrons. The van der Waals surface area contributed by atoms with Crippen molar-refractivity contribution in [2.45, 2.75) is 39.2 Å². The van der Waals surface area contributed by atoms with Crippen LogP contribution in [0.4, 0.5) is 11.5 Å². The van der Waals surface area contributed by atoms with Crippen LogP contribution in [0.2, 0.25) is 0 Å². The van der Waals surface area contributed by atoms with Crippen molar-refractivity contribution in [1.82, 2.24) is 4.98 Å². The number of aromatic nitrogens is 1. The van der Waals surface area contributed by atoms with Gasteiger partial charge in [0.05, 0.1) is 0 Å². The molecule has 1 saturated carbocycles. The molecule has 1 aromatic heterocycles. The van der Waals surface area contributed by atoms with Crippen LogP contribution in [0.5, 0.6) is 0 Å². The number of nitro groups is 1. The quantitative estimate of drug-likeness (QED) is 0.646. The molecule has 0 radical (unpaired) electrons. The molecule has 2 rings (SSSR count). The first kappa shape index (κ1) is 11.8. The van der Waals surface area contributed by atoms with Crippen molar-refractivity contribution < 1.29 is 4.92 Å². The zero-order valence-corrected chi connectivity index (χ0v) is 10.1. The van der Waals surface area contributed by atoms with Gasteiger partial charge in [0.15, 0.2) is 0 Å². The van der Waals surface area contributed by atoms with Crippen molar-refractivity contribution in [3.05, 3.63) is 28.4 Å². The highest BCUT2D eigenvalue weighted by Gasteiger charge is 2.31. The van der Waals surface area contributed by atoms with Crippen LogP contribution in [0.25, 0.3) is 0 Å². The highest BCUT2D eigenvalue weighted by atomic mass is 16.6. The van der Waals surface area contributed by atoms with E-state index in [9.17, 15) is 10.1 Å². The van der Waals surface area contributed by atoms with E-state index in [1.165, 1.54) is 6.20 Å². The molecular formula is C12H17N3O2. The predicted molar refractivity (Wildman–Crippen MR) is 65.9 cm³/mol. The van der Waals surface area contributed by atoms with Gasteiger partial charge in [0.2, 0.25) is 0 Å². The van der Waals surface area contributed by atoms with Gasteiger partial charge in [-0.05, 0) is 46.7 Å². The average molecular weight is 235 g/mol. The molecule has 0 spiro atoms. The molecule has 1 unspecified atom stereocenters. The number of pyridine rings is 1. The molecule has 5 heteroatoms. The molecule has 1 fully saturated rings. The molecule has 0 aromatic carbocycles. The maximum atomic E-state index is 10.8. The van der Waals surface area contributed by atoms with Crippen LogP contribution in [0, 0.1) is 15.5 Å². The monoisotopic (exact) mass is 235 g/mol. The summed E-state index contributed by atoms with van der Waals surface area (Å²) in [4.78, 5) is 14.2. The lowest BCUT2D eigenvalue weighted by Gasteiger charge is -2.18. The third kappa shape index (κ3) is 2.72. The molecule has 1 aliphatic rings. The van der Waals surface area contributed by atoms with Gasteiger partial charge in [-0.3, -0.25) is 0 Å². The van der Waals surface area contributed by atoms with Crippen LogP contribution in [0.1, 0.15) is 33.1 Å². The minimum absolute atomic E-state index is 0.0859. The summed E-state index contributed by atoms with van der Waals surface area (Å²) < 4.78 is 0. The van der Waals surface area contributed by atoms with E-state index < -0.39 is 4.92 Å². The van der Waals surface area contributed by atoms with E-state index in [1.54, 1.807) is 12.1 Å². The molecule has 1 heterocycles. The molecule has 0 aliphatic heterocycles. The first-order valence-electron chi connectivity index (χ1n) is 5.84. The fraction of sp³-hybridized carbons (Fsp3) is 0.583. The Balaban J connectivity index is 2.12. The Morgan fingerprint density at radius 3 is 2.94 bits per heavy atom. The summed E-state index contributed by atoms with van der Waals surface area (Å²) in [6.45, 7) is 4.46. The Morgan fingerprint density at radius 2 is 2.35 bits per heavy atom. The SMILES string of the molecule is CC1(C)CCC(Nc2cccnc2[N+](=O)[O-])C1. The molecule has 5 nitrogen and oxygen atoms in total. The summed E-state index contributed by atoms with van der Waals surface area (Å²) in [6.07, 6.45) is 4.69. The maximum Gasteiger partial charge on any atom is 0.386 e. The second kappa shape index (κ2) is 4.31. The lowest BCUT2D eigenvalue weighted by molar-refractivity contribution is -0.388. The second-order valence-corrected chi connectivity index (χ2v) is 5.38. The molecular weight excluding hydrogens is 218 g/mol. The molecule has 0 amide bonds. The van der Waals surface area contributed by atoms with Gasteiger partial charge in [0.25, 0.3) is 0 Å². The smallest absolute Gasteiger partial charge is 0.375 e. The Labute approximate surface area is 100 Å². The van der Waals surface area contributed by atoms with Crippen molar-refractivity contribution in [2.75, 3.05) is 5.32 Å². The number of anilines is 1. The van der Waals surface area contributed by atoms with Crippen LogP contribution in [-0.2, 0) is 0 Å². The summed E-state index contributed by atoms with van der Waals surface area (Å²) in [6, 6.07) is 3.75. The Morgan fingerprint density at radius 1 is 1.59 bits per heavy atom. The van der Waals surface area contributed by atoms with E-state index in [0.29, 0.717) is 17.1 Å². The van der Waals surface area contributed by atoms with Gasteiger partial charge in [-0.1, -0.05) is 13.8 Å². The van der Waals surface area contributed by atoms with E-state index in [1.807, 2.05) is 0 Å². The van der Waals surface area contributed by atoms with Gasteiger partial charge in [0, 0.05) is 6.04 Å². The number of nitrogens with zero attached hydrogens (tertiary/aromatic N) is 2. The summed E-state index contributed by atoms with van der Waals surface area (Å²) >= 11 is 0. The van der Waals surface area contributed by atoms with Crippen LogP contribution in [0.15, 0.2) is 18.3 Å². The van der Waals surface area contributed by atoms with Crippen LogP contribution >= 0.6 is 0 Å². The standard InChI is InChI=1S/C12H17N3O2/c1-12(2)6-5-9(8-12)14-10-4-3-7-13-11(10)15(16)17/h3-4,7,9,14H,5-6,8H2,1-2H3. The highest BCUT2D eigenvalue weighted by Crippen LogP contribution is 2.38. The Kier molecular flexibility index (Phi) is 3.00. The van der Waals surface area contributed by atoms with Crippen molar-refractivity contribution in [2.24, 2.45) is 5.41 Å². The normalized spacial score (nSPS) is 22.4. The topological polar surface area (TPSA) is 68.1 Å². The maximum absolute atomic E-state index is 10.8. The van der Waals surface area contributed by atoms with Gasteiger partial charge >= 0.3 is 5.82 Å². The average Bonchev–Trinajstić information content (AvgIpc) is 2.58. The molecule has 1 aliphatic carbocycles. The van der Waals surface area contributed by atoms with Crippen molar-refractivity contribution in [3.63, 3.8) is 0 Å². The number of hydrogen-bond donors (Lipinski definition) is 1. The molecule has 0 saturated heterocycles. The van der Waals surface area contributed by atoms with Crippen molar-refractivity contribution in [1.29, 1.82) is 0 Å². The van der Waals surface area contributed by atoms with Gasteiger partial charge in [-0.15, -0.1) is 0 Å². The van der Waals surface area contributed by atoms with Crippen molar-refractivity contribution in [3.8, 4) is 0 Å². The van der Waals surface area contributed by atoms with Gasteiger partial charge in [-0.2, -0.15) is 0 Å². The summed E-state index contributed by atoms with van der Waals surface area (Å²) in [5.74, 6) is -0.0859. The lowest BCUT2D eigenvalue weighted by atomic mass is 9.92. The van der Waals surface area contributed by atoms with Gasteiger partial charge in [0.1, 0.15) is 11.9 Å². The summed E-state index contributed by atoms with van der Waals surface area (Å²) in [5, 5.41) is 14.1. The predicted octanol–water partition coefficient (Wildman–Crippen LogP) is 2.98. The minimum Gasteiger partial charge on any atom is -0.375 e. The second-order valence-electron chi connectivity index (χ2n) is 5.38. The number of hydrogen-bond acceptors (Lipinski definition) is 4. The highest BCUT2D eigenvalue weighted by molar-refractivity contribution is 5.57. The summed E-state index contributed by atoms with van der Waals surface area (Å²) in [7, 11) is 0. The van der Waals surface area contributed by atoms with E-state index in [2.05, 4.69) is 24.1 Å². The molecule has 17 heavy (non-hydrogen) atoms. The third-order valence-electron chi connectivity index (χ3n) is 3.29. The first-order valence-corrected chi connectivity index (χ1v) is 5.84. The van der Waals surface area contributed by atoms with E-state index >= 15 is 0 Å². The molecule has 1 aromatic rings. The van der Waals surface area contributed by atoms with E-state index in [-0.39, 0.29) is 5.82 Å². The third-order valence-corrected chi connectivity index (χ3v) is 3.29. The molecule has 0 bridgehead atoms. The number of nitrogens with one attached hydrogen (secondary N) is 1. The number of rotatable bonds is 3. The Hall–Kier alpha value is -1.65. The Bertz CT molecular complexity index is 432. The first-order chi connectivity index (χ1) is 7.98. The fourth-order valence-electron chi connectivity index (χ4n) is 2.43. The fourth-order valence-corrected chi connectivity index (χ4v) is 2.43. The minimum atomic E-state index is -0.442. The largest absolute Gasteiger partial charge is 0.386 e. The van der Waals surface area contributed by atoms with Crippen LogP contribution < -0.4 is 5.32 Å². The van der Waals surface area contributed by atoms with Gasteiger partial charge in [-0.25, -0.2) is 0 Å². The zero-order chi connectivity index (χ0) is 12.5. The molecule has 1 atom stereocenters. The van der Waals surface area contributed by atoms with Crippen LogP contribution in [0.3, 0.4) is 0 Å². The van der Waals surface area contributed by atoms with Gasteiger partial charge < -0.3 is 15.4 Å². The zero-order valence-electron chi connectivity index (χ0n) is 10.1.